The molecule has 3 heterocycles. The first-order chi connectivity index (χ1) is 13.1. The molecule has 1 aromatic heterocycles. The minimum Gasteiger partial charge on any atom is -0.356 e. The number of rotatable bonds is 4. The zero-order chi connectivity index (χ0) is 18.8. The van der Waals surface area contributed by atoms with Gasteiger partial charge >= 0.3 is 0 Å². The lowest BCUT2D eigenvalue weighted by molar-refractivity contribution is -0.137. The number of halogens is 1. The molecule has 0 aliphatic carbocycles. The molecule has 1 aromatic carbocycles. The molecule has 2 saturated heterocycles. The molecule has 2 aromatic rings. The van der Waals surface area contributed by atoms with Crippen LogP contribution in [0.15, 0.2) is 22.7 Å². The zero-order valence-electron chi connectivity index (χ0n) is 15.3. The number of piperidine rings is 1. The summed E-state index contributed by atoms with van der Waals surface area (Å²) < 4.78 is 18.8. The minimum absolute atomic E-state index is 0.0389. The maximum absolute atomic E-state index is 13.5. The van der Waals surface area contributed by atoms with Gasteiger partial charge in [0, 0.05) is 50.3 Å². The number of fused-ring (bicyclic) bond motifs is 1. The van der Waals surface area contributed by atoms with Crippen molar-refractivity contribution < 1.29 is 18.5 Å². The van der Waals surface area contributed by atoms with Gasteiger partial charge in [0.2, 0.25) is 11.8 Å². The number of carbonyl (C=O) groups excluding carboxylic acids is 2. The molecular weight excluding hydrogens is 349 g/mol. The SMILES string of the molecule is O=C(CCC(=O)N1CCC(c2noc3ccc(F)cc23)CC1)N1CCCC1. The highest BCUT2D eigenvalue weighted by Gasteiger charge is 2.28. The summed E-state index contributed by atoms with van der Waals surface area (Å²) in [6, 6.07) is 4.42. The van der Waals surface area contributed by atoms with Gasteiger partial charge in [-0.3, -0.25) is 9.59 Å². The number of nitrogens with zero attached hydrogens (tertiary/aromatic N) is 3. The van der Waals surface area contributed by atoms with Crippen LogP contribution in [0.25, 0.3) is 11.0 Å². The monoisotopic (exact) mass is 373 g/mol. The Hall–Kier alpha value is -2.44. The fraction of sp³-hybridized carbons (Fsp3) is 0.550. The van der Waals surface area contributed by atoms with E-state index < -0.39 is 0 Å². The molecule has 0 unspecified atom stereocenters. The van der Waals surface area contributed by atoms with Gasteiger partial charge in [0.1, 0.15) is 5.82 Å². The van der Waals surface area contributed by atoms with Gasteiger partial charge < -0.3 is 14.3 Å². The number of hydrogen-bond donors (Lipinski definition) is 0. The van der Waals surface area contributed by atoms with E-state index in [1.807, 2.05) is 9.80 Å². The molecule has 2 amide bonds. The zero-order valence-corrected chi connectivity index (χ0v) is 15.3. The summed E-state index contributed by atoms with van der Waals surface area (Å²) in [4.78, 5) is 28.2. The van der Waals surface area contributed by atoms with Crippen molar-refractivity contribution in [2.24, 2.45) is 0 Å². The fourth-order valence-corrected chi connectivity index (χ4v) is 4.12. The number of likely N-dealkylation sites (tertiary alicyclic amines) is 2. The van der Waals surface area contributed by atoms with Crippen LogP contribution in [0.4, 0.5) is 4.39 Å². The Balaban J connectivity index is 1.31. The van der Waals surface area contributed by atoms with Crippen molar-refractivity contribution in [1.29, 1.82) is 0 Å². The lowest BCUT2D eigenvalue weighted by Crippen LogP contribution is -2.38. The maximum atomic E-state index is 13.5. The highest BCUT2D eigenvalue weighted by atomic mass is 19.1. The molecule has 0 N–H and O–H groups in total. The average molecular weight is 373 g/mol. The standard InChI is InChI=1S/C20H24FN3O3/c21-15-3-4-17-16(13-15)20(22-27-17)14-7-11-24(12-8-14)19(26)6-5-18(25)23-9-1-2-10-23/h3-4,13-14H,1-2,5-12H2. The Morgan fingerprint density at radius 1 is 1.04 bits per heavy atom. The van der Waals surface area contributed by atoms with Gasteiger partial charge in [0.15, 0.2) is 5.58 Å². The van der Waals surface area contributed by atoms with Crippen molar-refractivity contribution in [1.82, 2.24) is 15.0 Å². The van der Waals surface area contributed by atoms with Crippen LogP contribution in [-0.4, -0.2) is 52.9 Å². The average Bonchev–Trinajstić information content (AvgIpc) is 3.35. The summed E-state index contributed by atoms with van der Waals surface area (Å²) in [6.07, 6.45) is 4.24. The van der Waals surface area contributed by atoms with Crippen LogP contribution in [0.3, 0.4) is 0 Å². The minimum atomic E-state index is -0.303. The smallest absolute Gasteiger partial charge is 0.223 e. The van der Waals surface area contributed by atoms with Gasteiger partial charge in [-0.2, -0.15) is 0 Å². The Labute approximate surface area is 157 Å². The molecule has 0 atom stereocenters. The number of carbonyl (C=O) groups is 2. The van der Waals surface area contributed by atoms with Crippen LogP contribution < -0.4 is 0 Å². The van der Waals surface area contributed by atoms with Gasteiger partial charge in [-0.05, 0) is 43.9 Å². The van der Waals surface area contributed by atoms with Crippen molar-refractivity contribution in [3.63, 3.8) is 0 Å². The lowest BCUT2D eigenvalue weighted by atomic mass is 9.91. The molecule has 0 spiro atoms. The first kappa shape index (κ1) is 17.9. The Morgan fingerprint density at radius 2 is 1.67 bits per heavy atom. The van der Waals surface area contributed by atoms with Crippen molar-refractivity contribution in [2.45, 2.75) is 44.4 Å². The largest absolute Gasteiger partial charge is 0.356 e. The molecule has 2 fully saturated rings. The van der Waals surface area contributed by atoms with Crippen LogP contribution in [0.1, 0.15) is 50.1 Å². The molecule has 7 heteroatoms. The number of hydrogen-bond acceptors (Lipinski definition) is 4. The van der Waals surface area contributed by atoms with Crippen molar-refractivity contribution in [2.75, 3.05) is 26.2 Å². The van der Waals surface area contributed by atoms with Gasteiger partial charge in [0.25, 0.3) is 0 Å². The molecule has 2 aliphatic rings. The number of aromatic nitrogens is 1. The van der Waals surface area contributed by atoms with E-state index >= 15 is 0 Å². The molecule has 27 heavy (non-hydrogen) atoms. The van der Waals surface area contributed by atoms with Gasteiger partial charge in [-0.1, -0.05) is 5.16 Å². The van der Waals surface area contributed by atoms with Crippen molar-refractivity contribution in [3.8, 4) is 0 Å². The van der Waals surface area contributed by atoms with Crippen LogP contribution in [-0.2, 0) is 9.59 Å². The van der Waals surface area contributed by atoms with Gasteiger partial charge in [-0.25, -0.2) is 4.39 Å². The van der Waals surface area contributed by atoms with E-state index in [1.165, 1.54) is 12.1 Å². The Kier molecular flexibility index (Phi) is 5.09. The van der Waals surface area contributed by atoms with Crippen LogP contribution in [0, 0.1) is 5.82 Å². The summed E-state index contributed by atoms with van der Waals surface area (Å²) in [5.74, 6) is -0.0190. The summed E-state index contributed by atoms with van der Waals surface area (Å²) in [5.41, 5.74) is 1.37. The predicted molar refractivity (Wildman–Crippen MR) is 97.6 cm³/mol. The summed E-state index contributed by atoms with van der Waals surface area (Å²) in [7, 11) is 0. The number of benzene rings is 1. The fourth-order valence-electron chi connectivity index (χ4n) is 4.12. The molecule has 6 nitrogen and oxygen atoms in total. The van der Waals surface area contributed by atoms with E-state index in [0.29, 0.717) is 25.1 Å². The lowest BCUT2D eigenvalue weighted by Gasteiger charge is -2.31. The van der Waals surface area contributed by atoms with E-state index in [2.05, 4.69) is 5.16 Å². The van der Waals surface area contributed by atoms with Gasteiger partial charge in [-0.15, -0.1) is 0 Å². The van der Waals surface area contributed by atoms with Crippen molar-refractivity contribution in [3.05, 3.63) is 29.7 Å². The molecule has 4 rings (SSSR count). The molecule has 0 radical (unpaired) electrons. The van der Waals surface area contributed by atoms with Gasteiger partial charge in [0.05, 0.1) is 5.69 Å². The van der Waals surface area contributed by atoms with Crippen LogP contribution in [0.5, 0.6) is 0 Å². The third-order valence-electron chi connectivity index (χ3n) is 5.71. The first-order valence-corrected chi connectivity index (χ1v) is 9.72. The molecule has 2 aliphatic heterocycles. The van der Waals surface area contributed by atoms with E-state index in [9.17, 15) is 14.0 Å². The second-order valence-corrected chi connectivity index (χ2v) is 7.45. The summed E-state index contributed by atoms with van der Waals surface area (Å²) >= 11 is 0. The third kappa shape index (κ3) is 3.82. The highest BCUT2D eigenvalue weighted by molar-refractivity contribution is 5.84. The number of amides is 2. The quantitative estimate of drug-likeness (QED) is 0.826. The third-order valence-corrected chi connectivity index (χ3v) is 5.71. The summed E-state index contributed by atoms with van der Waals surface area (Å²) in [6.45, 7) is 2.91. The van der Waals surface area contributed by atoms with E-state index in [0.717, 1.165) is 49.9 Å². The topological polar surface area (TPSA) is 66.7 Å². The van der Waals surface area contributed by atoms with Crippen LogP contribution in [0.2, 0.25) is 0 Å². The second kappa shape index (κ2) is 7.66. The molecule has 0 saturated carbocycles. The first-order valence-electron chi connectivity index (χ1n) is 9.72. The summed E-state index contributed by atoms with van der Waals surface area (Å²) in [5, 5.41) is 4.86. The Morgan fingerprint density at radius 3 is 2.33 bits per heavy atom. The molecule has 0 bridgehead atoms. The maximum Gasteiger partial charge on any atom is 0.223 e. The second-order valence-electron chi connectivity index (χ2n) is 7.45. The van der Waals surface area contributed by atoms with E-state index in [-0.39, 0.29) is 30.0 Å². The van der Waals surface area contributed by atoms with E-state index in [4.69, 9.17) is 4.52 Å². The van der Waals surface area contributed by atoms with E-state index in [1.54, 1.807) is 6.07 Å². The van der Waals surface area contributed by atoms with Crippen molar-refractivity contribution >= 4 is 22.8 Å². The Bertz CT molecular complexity index is 836. The highest BCUT2D eigenvalue weighted by Crippen LogP contribution is 2.33. The van der Waals surface area contributed by atoms with Crippen LogP contribution >= 0.6 is 0 Å². The molecule has 144 valence electrons. The predicted octanol–water partition coefficient (Wildman–Crippen LogP) is 3.08. The normalized spacial score (nSPS) is 18.4. The molecular formula is C20H24FN3O3.